The van der Waals surface area contributed by atoms with Crippen LogP contribution in [0.1, 0.15) is 18.0 Å². The molecule has 0 aliphatic carbocycles. The summed E-state index contributed by atoms with van der Waals surface area (Å²) in [6, 6.07) is 7.41. The van der Waals surface area contributed by atoms with Crippen LogP contribution in [0.2, 0.25) is 0 Å². The molecule has 1 aliphatic rings. The predicted molar refractivity (Wildman–Crippen MR) is 119 cm³/mol. The third-order valence-electron chi connectivity index (χ3n) is 5.59. The van der Waals surface area contributed by atoms with Gasteiger partial charge in [-0.25, -0.2) is 9.37 Å². The summed E-state index contributed by atoms with van der Waals surface area (Å²) < 4.78 is 19.8. The van der Waals surface area contributed by atoms with Crippen molar-refractivity contribution in [1.82, 2.24) is 29.3 Å². The number of thiazole rings is 1. The first-order valence-corrected chi connectivity index (χ1v) is 11.5. The minimum absolute atomic E-state index is 0.0348. The first-order chi connectivity index (χ1) is 16.0. The lowest BCUT2D eigenvalue weighted by Crippen LogP contribution is -2.48. The molecule has 0 unspecified atom stereocenters. The van der Waals surface area contributed by atoms with Gasteiger partial charge < -0.3 is 9.42 Å². The number of fused-ring (bicyclic) bond motifs is 1. The fraction of sp³-hybridized carbons (Fsp3) is 0.318. The molecule has 1 saturated heterocycles. The Morgan fingerprint density at radius 3 is 2.70 bits per heavy atom. The molecule has 0 N–H and O–H groups in total. The van der Waals surface area contributed by atoms with Gasteiger partial charge in [0.2, 0.25) is 17.6 Å². The van der Waals surface area contributed by atoms with Gasteiger partial charge in [-0.1, -0.05) is 5.16 Å². The molecule has 1 aromatic carbocycles. The van der Waals surface area contributed by atoms with Gasteiger partial charge >= 0.3 is 0 Å². The van der Waals surface area contributed by atoms with E-state index in [1.54, 1.807) is 24.4 Å². The summed E-state index contributed by atoms with van der Waals surface area (Å²) in [5, 5.41) is 5.75. The number of aryl methyl sites for hydroxylation is 1. The number of halogens is 1. The lowest BCUT2D eigenvalue weighted by Gasteiger charge is -2.34. The molecular formula is C22H21FN6O3S. The molecule has 1 fully saturated rings. The van der Waals surface area contributed by atoms with E-state index in [0.717, 1.165) is 5.69 Å². The predicted octanol–water partition coefficient (Wildman–Crippen LogP) is 2.22. The number of hydrogen-bond acceptors (Lipinski definition) is 8. The van der Waals surface area contributed by atoms with Crippen LogP contribution in [0.5, 0.6) is 0 Å². The molecule has 33 heavy (non-hydrogen) atoms. The minimum Gasteiger partial charge on any atom is -0.340 e. The number of amides is 1. The van der Waals surface area contributed by atoms with Gasteiger partial charge in [0, 0.05) is 68.8 Å². The fourth-order valence-electron chi connectivity index (χ4n) is 3.80. The summed E-state index contributed by atoms with van der Waals surface area (Å²) in [4.78, 5) is 38.4. The second-order valence-electron chi connectivity index (χ2n) is 7.82. The zero-order valence-electron chi connectivity index (χ0n) is 17.7. The Labute approximate surface area is 192 Å². The van der Waals surface area contributed by atoms with E-state index in [2.05, 4.69) is 20.0 Å². The zero-order chi connectivity index (χ0) is 22.8. The van der Waals surface area contributed by atoms with Crippen LogP contribution < -0.4 is 5.56 Å². The largest absolute Gasteiger partial charge is 0.340 e. The normalized spacial score (nSPS) is 14.8. The molecular weight excluding hydrogens is 447 g/mol. The van der Waals surface area contributed by atoms with Crippen LogP contribution in [-0.4, -0.2) is 61.4 Å². The Bertz CT molecular complexity index is 1320. The van der Waals surface area contributed by atoms with Gasteiger partial charge in [-0.2, -0.15) is 4.98 Å². The highest BCUT2D eigenvalue weighted by Gasteiger charge is 2.22. The van der Waals surface area contributed by atoms with E-state index in [-0.39, 0.29) is 23.7 Å². The Kier molecular flexibility index (Phi) is 5.97. The molecule has 4 aromatic rings. The molecule has 1 amide bonds. The molecule has 0 radical (unpaired) electrons. The zero-order valence-corrected chi connectivity index (χ0v) is 18.5. The van der Waals surface area contributed by atoms with Crippen molar-refractivity contribution in [3.8, 4) is 11.4 Å². The third kappa shape index (κ3) is 4.83. The van der Waals surface area contributed by atoms with Crippen molar-refractivity contribution >= 4 is 22.2 Å². The molecule has 0 saturated carbocycles. The van der Waals surface area contributed by atoms with Gasteiger partial charge in [-0.3, -0.25) is 18.9 Å². The van der Waals surface area contributed by atoms with Crippen LogP contribution >= 0.6 is 11.3 Å². The van der Waals surface area contributed by atoms with Crippen LogP contribution in [0.25, 0.3) is 16.3 Å². The van der Waals surface area contributed by atoms with E-state index >= 15 is 0 Å². The number of benzene rings is 1. The van der Waals surface area contributed by atoms with Gasteiger partial charge in [-0.05, 0) is 24.3 Å². The van der Waals surface area contributed by atoms with E-state index < -0.39 is 0 Å². The van der Waals surface area contributed by atoms with Crippen LogP contribution in [0.3, 0.4) is 0 Å². The van der Waals surface area contributed by atoms with Crippen molar-refractivity contribution in [2.45, 2.75) is 19.4 Å². The summed E-state index contributed by atoms with van der Waals surface area (Å²) in [6.07, 6.45) is 2.35. The number of piperazine rings is 1. The van der Waals surface area contributed by atoms with Crippen molar-refractivity contribution in [3.05, 3.63) is 69.7 Å². The van der Waals surface area contributed by atoms with Crippen molar-refractivity contribution in [1.29, 1.82) is 0 Å². The Hall–Kier alpha value is -3.44. The average Bonchev–Trinajstić information content (AvgIpc) is 3.48. The number of carbonyl (C=O) groups is 1. The van der Waals surface area contributed by atoms with Gasteiger partial charge in [0.15, 0.2) is 4.96 Å². The minimum atomic E-state index is -0.331. The lowest BCUT2D eigenvalue weighted by atomic mass is 10.2. The molecule has 0 atom stereocenters. The van der Waals surface area contributed by atoms with E-state index in [0.29, 0.717) is 61.4 Å². The number of aromatic nitrogens is 4. The number of carbonyl (C=O) groups excluding carboxylic acids is 1. The standard InChI is InChI=1S/C22H21FN6O3S/c23-16-3-1-15(2-4-16)21-25-18(32-26-21)5-6-19(30)28-9-7-27(8-10-28)14-17-13-20(31)29-11-12-33-22(29)24-17/h1-4,11-13H,5-10,14H2. The van der Waals surface area contributed by atoms with Crippen LogP contribution in [0.4, 0.5) is 4.39 Å². The highest BCUT2D eigenvalue weighted by Crippen LogP contribution is 2.17. The lowest BCUT2D eigenvalue weighted by molar-refractivity contribution is -0.133. The molecule has 4 heterocycles. The monoisotopic (exact) mass is 468 g/mol. The van der Waals surface area contributed by atoms with E-state index in [1.807, 2.05) is 10.3 Å². The van der Waals surface area contributed by atoms with Gasteiger partial charge in [0.05, 0.1) is 5.69 Å². The maximum Gasteiger partial charge on any atom is 0.258 e. The van der Waals surface area contributed by atoms with E-state index in [9.17, 15) is 14.0 Å². The third-order valence-corrected chi connectivity index (χ3v) is 6.35. The van der Waals surface area contributed by atoms with E-state index in [1.165, 1.54) is 27.9 Å². The SMILES string of the molecule is O=C(CCc1nc(-c2ccc(F)cc2)no1)N1CCN(Cc2cc(=O)n3ccsc3n2)CC1. The highest BCUT2D eigenvalue weighted by atomic mass is 32.1. The molecule has 11 heteroatoms. The first-order valence-electron chi connectivity index (χ1n) is 10.6. The Balaban J connectivity index is 1.11. The smallest absolute Gasteiger partial charge is 0.258 e. The maximum absolute atomic E-state index is 13.1. The molecule has 5 rings (SSSR count). The van der Waals surface area contributed by atoms with Gasteiger partial charge in [0.1, 0.15) is 5.82 Å². The number of hydrogen-bond donors (Lipinski definition) is 0. The number of rotatable bonds is 6. The van der Waals surface area contributed by atoms with Gasteiger partial charge in [-0.15, -0.1) is 11.3 Å². The average molecular weight is 469 g/mol. The molecule has 1 aliphatic heterocycles. The quantitative estimate of drug-likeness (QED) is 0.428. The summed E-state index contributed by atoms with van der Waals surface area (Å²) >= 11 is 1.43. The summed E-state index contributed by atoms with van der Waals surface area (Å²) in [6.45, 7) is 3.24. The topological polar surface area (TPSA) is 96.8 Å². The molecule has 0 bridgehead atoms. The van der Waals surface area contributed by atoms with Crippen molar-refractivity contribution in [3.63, 3.8) is 0 Å². The molecule has 170 valence electrons. The van der Waals surface area contributed by atoms with Crippen molar-refractivity contribution < 1.29 is 13.7 Å². The Morgan fingerprint density at radius 2 is 1.91 bits per heavy atom. The molecule has 9 nitrogen and oxygen atoms in total. The Morgan fingerprint density at radius 1 is 1.12 bits per heavy atom. The van der Waals surface area contributed by atoms with Crippen LogP contribution in [0.15, 0.2) is 51.2 Å². The first kappa shape index (κ1) is 21.4. The summed E-state index contributed by atoms with van der Waals surface area (Å²) in [5.74, 6) is 0.456. The summed E-state index contributed by atoms with van der Waals surface area (Å²) in [5.41, 5.74) is 1.33. The number of nitrogens with zero attached hydrogens (tertiary/aromatic N) is 6. The van der Waals surface area contributed by atoms with Crippen LogP contribution in [-0.2, 0) is 17.8 Å². The van der Waals surface area contributed by atoms with Crippen LogP contribution in [0, 0.1) is 5.82 Å². The van der Waals surface area contributed by atoms with E-state index in [4.69, 9.17) is 4.52 Å². The maximum atomic E-state index is 13.1. The second-order valence-corrected chi connectivity index (χ2v) is 8.69. The second kappa shape index (κ2) is 9.20. The van der Waals surface area contributed by atoms with Crippen molar-refractivity contribution in [2.24, 2.45) is 0 Å². The highest BCUT2D eigenvalue weighted by molar-refractivity contribution is 7.15. The molecule has 3 aromatic heterocycles. The van der Waals surface area contributed by atoms with Gasteiger partial charge in [0.25, 0.3) is 5.56 Å². The fourth-order valence-corrected chi connectivity index (χ4v) is 4.54. The van der Waals surface area contributed by atoms with Crippen molar-refractivity contribution in [2.75, 3.05) is 26.2 Å². The summed E-state index contributed by atoms with van der Waals surface area (Å²) in [7, 11) is 0. The molecule has 0 spiro atoms.